The van der Waals surface area contributed by atoms with Crippen molar-refractivity contribution in [2.45, 2.75) is 0 Å². The summed E-state index contributed by atoms with van der Waals surface area (Å²) in [5.41, 5.74) is 0.737. The van der Waals surface area contributed by atoms with Crippen LogP contribution in [0.15, 0.2) is 48.7 Å². The third kappa shape index (κ3) is 4.19. The van der Waals surface area contributed by atoms with Crippen LogP contribution in [0.2, 0.25) is 5.02 Å². The maximum atomic E-state index is 12.7. The van der Waals surface area contributed by atoms with Gasteiger partial charge in [0.1, 0.15) is 11.6 Å². The number of carbonyl (C=O) groups is 1. The molecule has 0 unspecified atom stereocenters. The molecule has 0 fully saturated rings. The molecule has 0 bridgehead atoms. The van der Waals surface area contributed by atoms with Crippen molar-refractivity contribution in [2.75, 3.05) is 5.32 Å². The fourth-order valence-corrected chi connectivity index (χ4v) is 1.48. The van der Waals surface area contributed by atoms with Crippen LogP contribution in [0.5, 0.6) is 0 Å². The summed E-state index contributed by atoms with van der Waals surface area (Å²) in [7, 11) is 0. The monoisotopic (exact) mass is 276 g/mol. The molecule has 5 heteroatoms. The molecule has 0 aliphatic rings. The molecule has 96 valence electrons. The maximum absolute atomic E-state index is 12.7. The van der Waals surface area contributed by atoms with Gasteiger partial charge in [-0.05, 0) is 35.9 Å². The molecule has 1 heterocycles. The Bertz CT molecular complexity index is 594. The summed E-state index contributed by atoms with van der Waals surface area (Å²) in [4.78, 5) is 15.5. The van der Waals surface area contributed by atoms with Crippen LogP contribution in [0.4, 0.5) is 10.2 Å². The van der Waals surface area contributed by atoms with E-state index in [1.165, 1.54) is 24.4 Å². The fraction of sp³-hybridized carbons (Fsp3) is 0. The van der Waals surface area contributed by atoms with E-state index in [9.17, 15) is 9.18 Å². The molecule has 2 aromatic rings. The Hall–Kier alpha value is -2.20. The highest BCUT2D eigenvalue weighted by atomic mass is 35.5. The fourth-order valence-electron chi connectivity index (χ4n) is 1.36. The van der Waals surface area contributed by atoms with Gasteiger partial charge in [-0.3, -0.25) is 4.79 Å². The topological polar surface area (TPSA) is 42.0 Å². The van der Waals surface area contributed by atoms with Gasteiger partial charge in [-0.2, -0.15) is 0 Å². The molecule has 2 rings (SSSR count). The summed E-state index contributed by atoms with van der Waals surface area (Å²) >= 11 is 5.68. The lowest BCUT2D eigenvalue weighted by Gasteiger charge is -2.00. The van der Waals surface area contributed by atoms with Gasteiger partial charge >= 0.3 is 0 Å². The molecule has 0 aliphatic heterocycles. The van der Waals surface area contributed by atoms with E-state index >= 15 is 0 Å². The van der Waals surface area contributed by atoms with Gasteiger partial charge in [-0.15, -0.1) is 0 Å². The van der Waals surface area contributed by atoms with E-state index in [1.807, 2.05) is 0 Å². The number of amides is 1. The number of rotatable bonds is 3. The molecule has 0 aliphatic carbocycles. The minimum Gasteiger partial charge on any atom is -0.307 e. The summed E-state index contributed by atoms with van der Waals surface area (Å²) in [5, 5.41) is 3.08. The Kier molecular flexibility index (Phi) is 4.26. The second-order valence-corrected chi connectivity index (χ2v) is 4.17. The van der Waals surface area contributed by atoms with Crippen LogP contribution in [0.25, 0.3) is 6.08 Å². The average Bonchev–Trinajstić information content (AvgIpc) is 2.41. The SMILES string of the molecule is O=C(C=Cc1ccc(F)cc1)Nc1ccc(Cl)cn1. The van der Waals surface area contributed by atoms with Crippen LogP contribution in [-0.4, -0.2) is 10.9 Å². The molecular formula is C14H10ClFN2O. The molecule has 1 amide bonds. The van der Waals surface area contributed by atoms with E-state index in [-0.39, 0.29) is 11.7 Å². The van der Waals surface area contributed by atoms with Crippen LogP contribution in [0.1, 0.15) is 5.56 Å². The lowest BCUT2D eigenvalue weighted by atomic mass is 10.2. The van der Waals surface area contributed by atoms with Gasteiger partial charge in [0.2, 0.25) is 5.91 Å². The highest BCUT2D eigenvalue weighted by Crippen LogP contribution is 2.10. The van der Waals surface area contributed by atoms with Crippen molar-refractivity contribution in [3.05, 3.63) is 65.1 Å². The standard InChI is InChI=1S/C14H10ClFN2O/c15-11-4-7-13(17-9-11)18-14(19)8-3-10-1-5-12(16)6-2-10/h1-9H,(H,17,18,19). The molecule has 3 nitrogen and oxygen atoms in total. The highest BCUT2D eigenvalue weighted by Gasteiger charge is 1.99. The van der Waals surface area contributed by atoms with Crippen molar-refractivity contribution in [3.8, 4) is 0 Å². The van der Waals surface area contributed by atoms with E-state index in [0.717, 1.165) is 5.56 Å². The minimum atomic E-state index is -0.320. The molecular weight excluding hydrogens is 267 g/mol. The Balaban J connectivity index is 1.97. The molecule has 0 spiro atoms. The first-order valence-electron chi connectivity index (χ1n) is 5.50. The van der Waals surface area contributed by atoms with E-state index < -0.39 is 0 Å². The predicted octanol–water partition coefficient (Wildman–Crippen LogP) is 3.53. The van der Waals surface area contributed by atoms with Crippen molar-refractivity contribution < 1.29 is 9.18 Å². The number of carbonyl (C=O) groups excluding carboxylic acids is 1. The largest absolute Gasteiger partial charge is 0.307 e. The molecule has 1 aromatic carbocycles. The molecule has 0 saturated heterocycles. The van der Waals surface area contributed by atoms with Gasteiger partial charge < -0.3 is 5.32 Å². The number of nitrogens with one attached hydrogen (secondary N) is 1. The second kappa shape index (κ2) is 6.11. The quantitative estimate of drug-likeness (QED) is 0.872. The molecule has 1 aromatic heterocycles. The number of halogens is 2. The van der Waals surface area contributed by atoms with E-state index in [0.29, 0.717) is 10.8 Å². The van der Waals surface area contributed by atoms with Gasteiger partial charge in [0, 0.05) is 12.3 Å². The lowest BCUT2D eigenvalue weighted by molar-refractivity contribution is -0.111. The summed E-state index contributed by atoms with van der Waals surface area (Å²) in [6.45, 7) is 0. The van der Waals surface area contributed by atoms with Crippen molar-refractivity contribution in [3.63, 3.8) is 0 Å². The summed E-state index contributed by atoms with van der Waals surface area (Å²) in [6.07, 6.45) is 4.38. The van der Waals surface area contributed by atoms with Gasteiger partial charge in [0.25, 0.3) is 0 Å². The zero-order valence-electron chi connectivity index (χ0n) is 9.81. The minimum absolute atomic E-state index is 0.313. The molecule has 1 N–H and O–H groups in total. The smallest absolute Gasteiger partial charge is 0.249 e. The Morgan fingerprint density at radius 1 is 1.21 bits per heavy atom. The molecule has 0 saturated carbocycles. The zero-order chi connectivity index (χ0) is 13.7. The predicted molar refractivity (Wildman–Crippen MR) is 73.3 cm³/mol. The van der Waals surface area contributed by atoms with Crippen molar-refractivity contribution in [1.82, 2.24) is 4.98 Å². The summed E-state index contributed by atoms with van der Waals surface area (Å²) < 4.78 is 12.7. The third-order valence-electron chi connectivity index (χ3n) is 2.28. The summed E-state index contributed by atoms with van der Waals surface area (Å²) in [5.74, 6) is -0.218. The van der Waals surface area contributed by atoms with Crippen LogP contribution < -0.4 is 5.32 Å². The van der Waals surface area contributed by atoms with Crippen LogP contribution in [0.3, 0.4) is 0 Å². The average molecular weight is 277 g/mol. The highest BCUT2D eigenvalue weighted by molar-refractivity contribution is 6.30. The Morgan fingerprint density at radius 2 is 1.95 bits per heavy atom. The van der Waals surface area contributed by atoms with Crippen LogP contribution >= 0.6 is 11.6 Å². The second-order valence-electron chi connectivity index (χ2n) is 3.74. The van der Waals surface area contributed by atoms with Crippen LogP contribution in [-0.2, 0) is 4.79 Å². The number of hydrogen-bond donors (Lipinski definition) is 1. The number of benzene rings is 1. The number of hydrogen-bond acceptors (Lipinski definition) is 2. The normalized spacial score (nSPS) is 10.6. The van der Waals surface area contributed by atoms with Crippen LogP contribution in [0, 0.1) is 5.82 Å². The van der Waals surface area contributed by atoms with E-state index in [1.54, 1.807) is 30.3 Å². The lowest BCUT2D eigenvalue weighted by Crippen LogP contribution is -2.08. The van der Waals surface area contributed by atoms with Gasteiger partial charge in [-0.25, -0.2) is 9.37 Å². The Labute approximate surface area is 114 Å². The zero-order valence-corrected chi connectivity index (χ0v) is 10.6. The number of aromatic nitrogens is 1. The van der Waals surface area contributed by atoms with Gasteiger partial charge in [0.15, 0.2) is 0 Å². The van der Waals surface area contributed by atoms with Crippen molar-refractivity contribution >= 4 is 29.4 Å². The van der Waals surface area contributed by atoms with E-state index in [2.05, 4.69) is 10.3 Å². The molecule has 0 atom stereocenters. The molecule has 0 radical (unpaired) electrons. The first-order valence-corrected chi connectivity index (χ1v) is 5.87. The maximum Gasteiger partial charge on any atom is 0.249 e. The molecule has 19 heavy (non-hydrogen) atoms. The van der Waals surface area contributed by atoms with Crippen molar-refractivity contribution in [2.24, 2.45) is 0 Å². The van der Waals surface area contributed by atoms with E-state index in [4.69, 9.17) is 11.6 Å². The third-order valence-corrected chi connectivity index (χ3v) is 2.50. The van der Waals surface area contributed by atoms with Crippen molar-refractivity contribution in [1.29, 1.82) is 0 Å². The Morgan fingerprint density at radius 3 is 2.58 bits per heavy atom. The summed E-state index contributed by atoms with van der Waals surface area (Å²) in [6, 6.07) is 9.07. The first-order chi connectivity index (χ1) is 9.13. The first kappa shape index (κ1) is 13.2. The number of pyridine rings is 1. The number of anilines is 1. The van der Waals surface area contributed by atoms with Gasteiger partial charge in [0.05, 0.1) is 5.02 Å². The van der Waals surface area contributed by atoms with Gasteiger partial charge in [-0.1, -0.05) is 23.7 Å². The number of nitrogens with zero attached hydrogens (tertiary/aromatic N) is 1.